The van der Waals surface area contributed by atoms with E-state index in [1.165, 1.54) is 47.5 Å². The number of nitrogens with one attached hydrogen (secondary N) is 6. The molecule has 8 bridgehead atoms. The minimum absolute atomic E-state index is 0. The van der Waals surface area contributed by atoms with Crippen molar-refractivity contribution in [1.82, 2.24) is 63.9 Å². The zero-order chi connectivity index (χ0) is 101. The number of anilines is 5. The second-order valence-electron chi connectivity index (χ2n) is 46.2. The lowest BCUT2D eigenvalue weighted by atomic mass is 9.86. The molecule has 5 aliphatic rings. The zero-order valence-electron chi connectivity index (χ0n) is 84.8. The molecule has 4 amide bonds. The van der Waals surface area contributed by atoms with Gasteiger partial charge in [-0.1, -0.05) is 143 Å². The third-order valence-electron chi connectivity index (χ3n) is 25.9. The van der Waals surface area contributed by atoms with Gasteiger partial charge in [0, 0.05) is 89.6 Å². The molecule has 3 fully saturated rings. The highest BCUT2D eigenvalue weighted by molar-refractivity contribution is 7.90. The van der Waals surface area contributed by atoms with Gasteiger partial charge in [0.2, 0.25) is 5.95 Å². The molecule has 5 aliphatic heterocycles. The predicted octanol–water partition coefficient (Wildman–Crippen LogP) is 20.2. The molecule has 740 valence electrons. The molecular weight excluding hydrogens is 1790 g/mol. The standard InChI is InChI=1S/C38H53FN6O5S.2C33H44N6O3S.H2/c1-35(2,3)25-19-20-40-28(21-25)27(17-15-24-22-38(10,11)45(23-24)34(47)50-37(7,8)9)41-30-13-12-14-31(43-30)51(48,49)44-33(46)26-16-18-29(36(4,5)6)42-32(26)39;2*1-31(2,3)22-16-17-34-25(18-22)24-14-12-21-19-33(7,8)39(20-21)29-23(13-15-26(36-29)32(4,5)6)30(40)38-43(41,42)28-11-9-10-27(35-24)37-28;/h12-14,16,18-21,24,27H,15,17,22-23H2,1-11H3,(H,41,43)(H,44,46);2*9-11,13,15-18,21,24H,12,14,19-20H2,1-8H3,(H,35,37)(H,38,40);1H/t24-,27?;2*21-,24?;/m000./s1. The molecule has 14 rings (SSSR count). The van der Waals surface area contributed by atoms with Gasteiger partial charge in [-0.3, -0.25) is 29.3 Å². The molecule has 33 heteroatoms. The molecule has 3 saturated heterocycles. The summed E-state index contributed by atoms with van der Waals surface area (Å²) in [6.07, 6.45) is 12.4. The van der Waals surface area contributed by atoms with Gasteiger partial charge in [-0.25, -0.2) is 48.9 Å². The smallest absolute Gasteiger partial charge is 0.410 e. The van der Waals surface area contributed by atoms with Crippen molar-refractivity contribution in [3.8, 4) is 0 Å². The van der Waals surface area contributed by atoms with Gasteiger partial charge >= 0.3 is 6.09 Å². The molecule has 6 N–H and O–H groups in total. The quantitative estimate of drug-likeness (QED) is 0.0655. The first-order chi connectivity index (χ1) is 63.2. The Morgan fingerprint density at radius 2 is 0.934 bits per heavy atom. The molecule has 9 aromatic heterocycles. The van der Waals surface area contributed by atoms with Crippen molar-refractivity contribution in [2.24, 2.45) is 17.8 Å². The van der Waals surface area contributed by atoms with Gasteiger partial charge in [0.25, 0.3) is 47.8 Å². The fraction of sp³-hybridized carbons (Fsp3) is 0.529. The Morgan fingerprint density at radius 3 is 1.37 bits per heavy atom. The van der Waals surface area contributed by atoms with E-state index in [9.17, 15) is 48.8 Å². The normalized spacial score (nSPS) is 20.2. The third-order valence-corrected chi connectivity index (χ3v) is 29.6. The number of nitrogens with zero attached hydrogens (tertiary/aromatic N) is 12. The van der Waals surface area contributed by atoms with Crippen LogP contribution in [0.1, 0.15) is 346 Å². The number of hydrogen-bond donors (Lipinski definition) is 6. The van der Waals surface area contributed by atoms with Gasteiger partial charge in [0.15, 0.2) is 15.1 Å². The van der Waals surface area contributed by atoms with Crippen molar-refractivity contribution < 1.29 is 55.0 Å². The Morgan fingerprint density at radius 1 is 0.504 bits per heavy atom. The molecule has 3 unspecified atom stereocenters. The van der Waals surface area contributed by atoms with E-state index in [2.05, 4.69) is 204 Å². The van der Waals surface area contributed by atoms with Crippen LogP contribution in [0, 0.1) is 23.7 Å². The van der Waals surface area contributed by atoms with Crippen LogP contribution in [0.15, 0.2) is 161 Å². The van der Waals surface area contributed by atoms with E-state index in [0.717, 1.165) is 85.4 Å². The van der Waals surface area contributed by atoms with Crippen molar-refractivity contribution in [3.05, 3.63) is 219 Å². The fourth-order valence-electron chi connectivity index (χ4n) is 18.2. The van der Waals surface area contributed by atoms with Crippen LogP contribution in [0.5, 0.6) is 0 Å². The van der Waals surface area contributed by atoms with E-state index >= 15 is 0 Å². The monoisotopic (exact) mass is 1940 g/mol. The van der Waals surface area contributed by atoms with Gasteiger partial charge in [0.1, 0.15) is 34.7 Å². The highest BCUT2D eigenvalue weighted by Crippen LogP contribution is 2.46. The Hall–Kier alpha value is -11.2. The van der Waals surface area contributed by atoms with Gasteiger partial charge in [0.05, 0.1) is 51.9 Å². The molecule has 0 aliphatic carbocycles. The van der Waals surface area contributed by atoms with Crippen LogP contribution in [0.3, 0.4) is 0 Å². The average molecular weight is 1940 g/mol. The molecule has 137 heavy (non-hydrogen) atoms. The van der Waals surface area contributed by atoms with E-state index in [4.69, 9.17) is 24.7 Å². The lowest BCUT2D eigenvalue weighted by Crippen LogP contribution is -2.45. The topological polar surface area (TPSA) is 378 Å². The van der Waals surface area contributed by atoms with E-state index in [0.29, 0.717) is 66.9 Å². The number of fused-ring (bicyclic) bond motifs is 12. The number of likely N-dealkylation sites (tertiary alicyclic amines) is 1. The summed E-state index contributed by atoms with van der Waals surface area (Å²) >= 11 is 0. The first-order valence-electron chi connectivity index (χ1n) is 47.3. The number of rotatable bonds is 11. The van der Waals surface area contributed by atoms with Crippen molar-refractivity contribution in [2.75, 3.05) is 45.4 Å². The molecule has 9 aromatic rings. The summed E-state index contributed by atoms with van der Waals surface area (Å²) in [6.45, 7) is 57.6. The highest BCUT2D eigenvalue weighted by atomic mass is 32.2. The SMILES string of the molecule is CC(C)(C)OC(=O)N1C[C@@H](CCC(Nc2cccc(S(=O)(=O)NC(=O)c3ccc(C(C)(C)C)nc3F)n2)c2cc(C(C)(C)C)ccn2)CC1(C)C.CC(C)(C)c1ccnc(C2CC[C@@H]3CN(c4nc(C(C)(C)C)ccc4C(=O)NS(=O)(=O)c4cccc(n4)N2)C(C)(C)C3)c1.CC(C)(C)c1ccnc(C2CC[C@@H]3CN(c4nc(C(C)(C)C)ccc4C(=O)NS(=O)(=O)c4cccc(n4)N2)C(C)(C)C3)c1.[HH]. The minimum Gasteiger partial charge on any atom is -0.444 e. The van der Waals surface area contributed by atoms with E-state index in [-0.39, 0.29) is 102 Å². The average Bonchev–Trinajstić information content (AvgIpc) is 1.59. The molecular formula is C104H143FN18O11S3. The van der Waals surface area contributed by atoms with Gasteiger partial charge in [-0.05, 0) is 280 Å². The molecule has 0 spiro atoms. The van der Waals surface area contributed by atoms with Crippen LogP contribution in [0.2, 0.25) is 0 Å². The van der Waals surface area contributed by atoms with Crippen molar-refractivity contribution >= 4 is 83.0 Å². The summed E-state index contributed by atoms with van der Waals surface area (Å²) in [5.41, 5.74) is 5.23. The molecule has 6 atom stereocenters. The number of halogens is 1. The molecule has 29 nitrogen and oxygen atoms in total. The van der Waals surface area contributed by atoms with Crippen molar-refractivity contribution in [3.63, 3.8) is 0 Å². The fourth-order valence-corrected chi connectivity index (χ4v) is 21.0. The number of pyridine rings is 9. The van der Waals surface area contributed by atoms with E-state index in [1.807, 2.05) is 109 Å². The molecule has 0 radical (unpaired) electrons. The van der Waals surface area contributed by atoms with Gasteiger partial charge in [-0.2, -0.15) is 29.6 Å². The summed E-state index contributed by atoms with van der Waals surface area (Å²) in [6, 6.07) is 35.3. The third kappa shape index (κ3) is 25.9. The number of hydrogen-bond acceptors (Lipinski definition) is 25. The highest BCUT2D eigenvalue weighted by Gasteiger charge is 2.47. The maximum atomic E-state index is 14.8. The van der Waals surface area contributed by atoms with Crippen LogP contribution in [-0.2, 0) is 67.3 Å². The molecule has 0 aromatic carbocycles. The second-order valence-corrected chi connectivity index (χ2v) is 51.1. The second kappa shape index (κ2) is 39.2. The Balaban J connectivity index is 0.000000199. The van der Waals surface area contributed by atoms with Crippen molar-refractivity contribution in [1.29, 1.82) is 0 Å². The van der Waals surface area contributed by atoms with Crippen molar-refractivity contribution in [2.45, 2.75) is 333 Å². The lowest BCUT2D eigenvalue weighted by Gasteiger charge is -2.34. The number of amides is 4. The van der Waals surface area contributed by atoms with E-state index < -0.39 is 75.3 Å². The van der Waals surface area contributed by atoms with Gasteiger partial charge in [-0.15, -0.1) is 0 Å². The maximum Gasteiger partial charge on any atom is 0.410 e. The minimum atomic E-state index is -4.49. The van der Waals surface area contributed by atoms with Crippen LogP contribution >= 0.6 is 0 Å². The molecule has 14 heterocycles. The summed E-state index contributed by atoms with van der Waals surface area (Å²) in [5.74, 6) is -0.732. The zero-order valence-corrected chi connectivity index (χ0v) is 87.2. The summed E-state index contributed by atoms with van der Waals surface area (Å²) < 4.78 is 108. The number of sulfonamides is 3. The van der Waals surface area contributed by atoms with Crippen LogP contribution in [0.4, 0.5) is 38.3 Å². The summed E-state index contributed by atoms with van der Waals surface area (Å²) in [7, 11) is -13.0. The Kier molecular flexibility index (Phi) is 30.0. The Bertz CT molecular complexity index is 6110. The Labute approximate surface area is 812 Å². The summed E-state index contributed by atoms with van der Waals surface area (Å²) in [5, 5.41) is 9.45. The van der Waals surface area contributed by atoms with Crippen LogP contribution in [0.25, 0.3) is 0 Å². The number of ether oxygens (including phenoxy) is 1. The maximum absolute atomic E-state index is 14.8. The first-order valence-corrected chi connectivity index (χ1v) is 51.8. The number of carbonyl (C=O) groups is 4. The lowest BCUT2D eigenvalue weighted by molar-refractivity contribution is 0.0130. The number of carbonyl (C=O) groups excluding carboxylic acids is 4. The largest absolute Gasteiger partial charge is 0.444 e. The molecule has 0 saturated carbocycles. The van der Waals surface area contributed by atoms with Gasteiger partial charge < -0.3 is 35.4 Å². The van der Waals surface area contributed by atoms with Crippen LogP contribution < -0.4 is 39.9 Å². The van der Waals surface area contributed by atoms with Crippen LogP contribution in [-0.4, -0.2) is 141 Å². The summed E-state index contributed by atoms with van der Waals surface area (Å²) in [4.78, 5) is 101. The first kappa shape index (κ1) is 105. The predicted molar refractivity (Wildman–Crippen MR) is 537 cm³/mol. The number of aromatic nitrogens is 9. The van der Waals surface area contributed by atoms with E-state index in [1.54, 1.807) is 53.6 Å².